The van der Waals surface area contributed by atoms with Crippen molar-refractivity contribution in [1.82, 2.24) is 0 Å². The van der Waals surface area contributed by atoms with Crippen LogP contribution in [0.1, 0.15) is 51.1 Å². The molecule has 2 N–H and O–H groups in total. The minimum Gasteiger partial charge on any atom is -0.324 e. The number of halogens is 1. The molecular formula is C15H22FNS. The Balaban J connectivity index is 2.15. The summed E-state index contributed by atoms with van der Waals surface area (Å²) < 4.78 is 13.8. The van der Waals surface area contributed by atoms with Crippen LogP contribution < -0.4 is 5.73 Å². The highest BCUT2D eigenvalue weighted by Gasteiger charge is 2.22. The van der Waals surface area contributed by atoms with Crippen LogP contribution in [0.15, 0.2) is 23.1 Å². The van der Waals surface area contributed by atoms with Crippen molar-refractivity contribution in [2.45, 2.75) is 55.7 Å². The highest BCUT2D eigenvalue weighted by Crippen LogP contribution is 2.39. The van der Waals surface area contributed by atoms with Gasteiger partial charge < -0.3 is 5.73 Å². The highest BCUT2D eigenvalue weighted by atomic mass is 32.2. The Morgan fingerprint density at radius 1 is 1.39 bits per heavy atom. The second kappa shape index (κ2) is 6.07. The summed E-state index contributed by atoms with van der Waals surface area (Å²) in [5.41, 5.74) is 6.58. The molecule has 1 nitrogen and oxygen atoms in total. The molecule has 0 spiro atoms. The number of thioether (sulfide) groups is 1. The quantitative estimate of drug-likeness (QED) is 0.871. The molecular weight excluding hydrogens is 245 g/mol. The maximum Gasteiger partial charge on any atom is 0.129 e. The Morgan fingerprint density at radius 2 is 2.17 bits per heavy atom. The Bertz CT molecular complexity index is 405. The maximum absolute atomic E-state index is 13.8. The normalized spacial score (nSPS) is 26.0. The zero-order valence-corrected chi connectivity index (χ0v) is 12.0. The zero-order valence-electron chi connectivity index (χ0n) is 11.2. The van der Waals surface area contributed by atoms with E-state index in [1.54, 1.807) is 6.07 Å². The molecule has 0 bridgehead atoms. The lowest BCUT2D eigenvalue weighted by molar-refractivity contribution is 0.394. The minimum atomic E-state index is -0.241. The average molecular weight is 267 g/mol. The molecule has 18 heavy (non-hydrogen) atoms. The number of hydrogen-bond acceptors (Lipinski definition) is 2. The first-order valence-corrected chi connectivity index (χ1v) is 7.66. The molecule has 2 unspecified atom stereocenters. The van der Waals surface area contributed by atoms with E-state index in [4.69, 9.17) is 5.73 Å². The van der Waals surface area contributed by atoms with Crippen LogP contribution in [-0.4, -0.2) is 5.25 Å². The number of hydrogen-bond donors (Lipinski definition) is 1. The van der Waals surface area contributed by atoms with Gasteiger partial charge in [0.2, 0.25) is 0 Å². The molecule has 3 atom stereocenters. The molecule has 0 radical (unpaired) electrons. The van der Waals surface area contributed by atoms with Crippen molar-refractivity contribution in [3.63, 3.8) is 0 Å². The van der Waals surface area contributed by atoms with E-state index in [1.165, 1.54) is 31.7 Å². The number of rotatable bonds is 3. The smallest absolute Gasteiger partial charge is 0.129 e. The SMILES string of the molecule is CC1CCCC(Sc2cccc(F)c2[C@H](C)N)C1. The molecule has 3 heteroatoms. The van der Waals surface area contributed by atoms with Crippen LogP contribution in [0.3, 0.4) is 0 Å². The lowest BCUT2D eigenvalue weighted by Gasteiger charge is -2.27. The predicted octanol–water partition coefficient (Wildman–Crippen LogP) is 4.52. The van der Waals surface area contributed by atoms with Crippen molar-refractivity contribution in [1.29, 1.82) is 0 Å². The third-order valence-electron chi connectivity index (χ3n) is 3.65. The summed E-state index contributed by atoms with van der Waals surface area (Å²) in [6.45, 7) is 4.16. The summed E-state index contributed by atoms with van der Waals surface area (Å²) in [5.74, 6) is 0.627. The van der Waals surface area contributed by atoms with Gasteiger partial charge in [-0.1, -0.05) is 25.8 Å². The summed E-state index contributed by atoms with van der Waals surface area (Å²) in [4.78, 5) is 1.03. The third-order valence-corrected chi connectivity index (χ3v) is 5.02. The van der Waals surface area contributed by atoms with Gasteiger partial charge in [-0.15, -0.1) is 11.8 Å². The number of benzene rings is 1. The molecule has 0 aliphatic heterocycles. The van der Waals surface area contributed by atoms with Crippen LogP contribution >= 0.6 is 11.8 Å². The summed E-state index contributed by atoms with van der Waals surface area (Å²) in [5, 5.41) is 0.619. The fourth-order valence-corrected chi connectivity index (χ4v) is 4.36. The minimum absolute atomic E-state index is 0.168. The van der Waals surface area contributed by atoms with E-state index < -0.39 is 0 Å². The van der Waals surface area contributed by atoms with Crippen LogP contribution in [0, 0.1) is 11.7 Å². The van der Waals surface area contributed by atoms with Crippen molar-refractivity contribution in [2.75, 3.05) is 0 Å². The Kier molecular flexibility index (Phi) is 4.68. The van der Waals surface area contributed by atoms with Gasteiger partial charge in [-0.25, -0.2) is 4.39 Å². The largest absolute Gasteiger partial charge is 0.324 e. The van der Waals surface area contributed by atoms with Crippen LogP contribution in [0.25, 0.3) is 0 Å². The van der Waals surface area contributed by atoms with Gasteiger partial charge in [0.1, 0.15) is 5.82 Å². The van der Waals surface area contributed by atoms with Gasteiger partial charge >= 0.3 is 0 Å². The summed E-state index contributed by atoms with van der Waals surface area (Å²) >= 11 is 1.82. The van der Waals surface area contributed by atoms with Gasteiger partial charge in [0.05, 0.1) is 0 Å². The molecule has 2 rings (SSSR count). The van der Waals surface area contributed by atoms with Crippen LogP contribution in [-0.2, 0) is 0 Å². The summed E-state index contributed by atoms with van der Waals surface area (Å²) in [6.07, 6.45) is 5.10. The van der Waals surface area contributed by atoms with E-state index >= 15 is 0 Å². The molecule has 1 aromatic rings. The van der Waals surface area contributed by atoms with Gasteiger partial charge in [0.25, 0.3) is 0 Å². The fraction of sp³-hybridized carbons (Fsp3) is 0.600. The molecule has 0 amide bonds. The van der Waals surface area contributed by atoms with E-state index in [0.717, 1.165) is 10.8 Å². The Labute approximate surface area is 113 Å². The van der Waals surface area contributed by atoms with Crippen molar-refractivity contribution in [3.05, 3.63) is 29.6 Å². The first-order chi connectivity index (χ1) is 8.58. The van der Waals surface area contributed by atoms with E-state index in [1.807, 2.05) is 24.8 Å². The van der Waals surface area contributed by atoms with E-state index in [2.05, 4.69) is 6.92 Å². The molecule has 1 fully saturated rings. The van der Waals surface area contributed by atoms with E-state index in [0.29, 0.717) is 10.8 Å². The molecule has 0 aromatic heterocycles. The standard InChI is InChI=1S/C15H22FNS/c1-10-5-3-6-12(9-10)18-14-8-4-7-13(16)15(14)11(2)17/h4,7-8,10-12H,3,5-6,9,17H2,1-2H3/t10?,11-,12?/m0/s1. The van der Waals surface area contributed by atoms with Gasteiger partial charge in [0, 0.05) is 21.8 Å². The van der Waals surface area contributed by atoms with Crippen LogP contribution in [0.5, 0.6) is 0 Å². The third kappa shape index (κ3) is 3.27. The summed E-state index contributed by atoms with van der Waals surface area (Å²) in [6, 6.07) is 5.06. The average Bonchev–Trinajstić information content (AvgIpc) is 2.28. The van der Waals surface area contributed by atoms with Crippen molar-refractivity contribution >= 4 is 11.8 Å². The highest BCUT2D eigenvalue weighted by molar-refractivity contribution is 8.00. The molecule has 1 saturated carbocycles. The molecule has 0 heterocycles. The van der Waals surface area contributed by atoms with Gasteiger partial charge in [-0.05, 0) is 37.8 Å². The lowest BCUT2D eigenvalue weighted by Crippen LogP contribution is -2.16. The first kappa shape index (κ1) is 13.9. The van der Waals surface area contributed by atoms with Crippen LogP contribution in [0.4, 0.5) is 4.39 Å². The van der Waals surface area contributed by atoms with Crippen LogP contribution in [0.2, 0.25) is 0 Å². The Morgan fingerprint density at radius 3 is 2.83 bits per heavy atom. The zero-order chi connectivity index (χ0) is 13.1. The number of nitrogens with two attached hydrogens (primary N) is 1. The summed E-state index contributed by atoms with van der Waals surface area (Å²) in [7, 11) is 0. The van der Waals surface area contributed by atoms with E-state index in [-0.39, 0.29) is 11.9 Å². The van der Waals surface area contributed by atoms with Gasteiger partial charge in [-0.2, -0.15) is 0 Å². The topological polar surface area (TPSA) is 26.0 Å². The molecule has 1 aliphatic rings. The predicted molar refractivity (Wildman–Crippen MR) is 76.3 cm³/mol. The first-order valence-electron chi connectivity index (χ1n) is 6.78. The molecule has 1 aromatic carbocycles. The molecule has 100 valence electrons. The monoisotopic (exact) mass is 267 g/mol. The molecule has 1 aliphatic carbocycles. The molecule has 0 saturated heterocycles. The second-order valence-electron chi connectivity index (χ2n) is 5.45. The van der Waals surface area contributed by atoms with Crippen molar-refractivity contribution < 1.29 is 4.39 Å². The fourth-order valence-electron chi connectivity index (χ4n) is 2.73. The van der Waals surface area contributed by atoms with Crippen molar-refractivity contribution in [3.8, 4) is 0 Å². The lowest BCUT2D eigenvalue weighted by atomic mass is 9.91. The Hall–Kier alpha value is -0.540. The van der Waals surface area contributed by atoms with Crippen molar-refractivity contribution in [2.24, 2.45) is 11.7 Å². The van der Waals surface area contributed by atoms with Gasteiger partial charge in [0.15, 0.2) is 0 Å². The van der Waals surface area contributed by atoms with E-state index in [9.17, 15) is 4.39 Å². The van der Waals surface area contributed by atoms with Gasteiger partial charge in [-0.3, -0.25) is 0 Å². The second-order valence-corrected chi connectivity index (χ2v) is 6.79. The maximum atomic E-state index is 13.8.